The summed E-state index contributed by atoms with van der Waals surface area (Å²) in [5, 5.41) is 19.4. The molecule has 2 N–H and O–H groups in total. The number of methoxy groups -OCH3 is 2. The van der Waals surface area contributed by atoms with Crippen LogP contribution in [0.2, 0.25) is 0 Å². The maximum absolute atomic E-state index is 9.70. The van der Waals surface area contributed by atoms with Gasteiger partial charge < -0.3 is 19.7 Å². The molecule has 0 fully saturated rings. The van der Waals surface area contributed by atoms with Gasteiger partial charge in [0.25, 0.3) is 0 Å². The molecule has 22 heavy (non-hydrogen) atoms. The number of hydrogen-bond donors (Lipinski definition) is 2. The van der Waals surface area contributed by atoms with Crippen molar-refractivity contribution >= 4 is 0 Å². The Morgan fingerprint density at radius 3 is 1.41 bits per heavy atom. The van der Waals surface area contributed by atoms with Crippen LogP contribution < -0.4 is 9.47 Å². The first-order valence-corrected chi connectivity index (χ1v) is 7.21. The standard InChI is InChI=1S/C18H22O4/c1-11(13-5-7-15(19)17(9-13)21-3)12(2)14-6-8-16(20)18(10-14)22-4/h5-12,19-20H,1-4H3/t11-,12-/m0/s1. The number of phenolic OH excluding ortho intramolecular Hbond substituents is 2. The summed E-state index contributed by atoms with van der Waals surface area (Å²) in [6.07, 6.45) is 0. The van der Waals surface area contributed by atoms with Crippen LogP contribution in [-0.4, -0.2) is 24.4 Å². The number of phenols is 2. The van der Waals surface area contributed by atoms with Crippen molar-refractivity contribution in [3.63, 3.8) is 0 Å². The van der Waals surface area contributed by atoms with Gasteiger partial charge in [0.2, 0.25) is 0 Å². The van der Waals surface area contributed by atoms with E-state index in [1.807, 2.05) is 24.3 Å². The molecule has 0 saturated carbocycles. The lowest BCUT2D eigenvalue weighted by molar-refractivity contribution is 0.371. The molecule has 2 aromatic rings. The molecular weight excluding hydrogens is 280 g/mol. The van der Waals surface area contributed by atoms with Gasteiger partial charge in [-0.25, -0.2) is 0 Å². The van der Waals surface area contributed by atoms with Crippen molar-refractivity contribution in [1.82, 2.24) is 0 Å². The molecule has 0 aliphatic carbocycles. The molecule has 0 aliphatic heterocycles. The molecule has 0 spiro atoms. The number of benzene rings is 2. The first kappa shape index (κ1) is 16.0. The van der Waals surface area contributed by atoms with Crippen LogP contribution in [0.15, 0.2) is 36.4 Å². The molecule has 4 nitrogen and oxygen atoms in total. The van der Waals surface area contributed by atoms with E-state index in [9.17, 15) is 10.2 Å². The van der Waals surface area contributed by atoms with Crippen molar-refractivity contribution in [2.75, 3.05) is 14.2 Å². The van der Waals surface area contributed by atoms with Gasteiger partial charge in [-0.2, -0.15) is 0 Å². The van der Waals surface area contributed by atoms with Crippen molar-refractivity contribution in [3.05, 3.63) is 47.5 Å². The van der Waals surface area contributed by atoms with Crippen LogP contribution in [-0.2, 0) is 0 Å². The fraction of sp³-hybridized carbons (Fsp3) is 0.333. The maximum atomic E-state index is 9.70. The topological polar surface area (TPSA) is 58.9 Å². The monoisotopic (exact) mass is 302 g/mol. The molecule has 0 amide bonds. The van der Waals surface area contributed by atoms with Crippen LogP contribution in [0, 0.1) is 0 Å². The van der Waals surface area contributed by atoms with Gasteiger partial charge in [-0.15, -0.1) is 0 Å². The van der Waals surface area contributed by atoms with Crippen LogP contribution in [0.1, 0.15) is 36.8 Å². The normalized spacial score (nSPS) is 13.5. The van der Waals surface area contributed by atoms with Gasteiger partial charge in [0.15, 0.2) is 23.0 Å². The van der Waals surface area contributed by atoms with E-state index in [0.717, 1.165) is 11.1 Å². The van der Waals surface area contributed by atoms with Crippen molar-refractivity contribution in [3.8, 4) is 23.0 Å². The Hall–Kier alpha value is -2.36. The Kier molecular flexibility index (Phi) is 4.81. The average Bonchev–Trinajstić information content (AvgIpc) is 2.54. The minimum absolute atomic E-state index is 0.136. The number of rotatable bonds is 5. The predicted molar refractivity (Wildman–Crippen MR) is 86.1 cm³/mol. The Morgan fingerprint density at radius 1 is 0.727 bits per heavy atom. The lowest BCUT2D eigenvalue weighted by atomic mass is 9.84. The van der Waals surface area contributed by atoms with E-state index in [4.69, 9.17) is 9.47 Å². The predicted octanol–water partition coefficient (Wildman–Crippen LogP) is 4.02. The summed E-state index contributed by atoms with van der Waals surface area (Å²) in [5.41, 5.74) is 2.16. The third-order valence-corrected chi connectivity index (χ3v) is 4.21. The van der Waals surface area contributed by atoms with E-state index in [0.29, 0.717) is 11.5 Å². The first-order chi connectivity index (χ1) is 10.5. The van der Waals surface area contributed by atoms with E-state index in [-0.39, 0.29) is 23.3 Å². The van der Waals surface area contributed by atoms with Gasteiger partial charge in [-0.1, -0.05) is 26.0 Å². The van der Waals surface area contributed by atoms with Crippen molar-refractivity contribution in [2.45, 2.75) is 25.7 Å². The second-order valence-electron chi connectivity index (χ2n) is 5.44. The van der Waals surface area contributed by atoms with Gasteiger partial charge in [0, 0.05) is 0 Å². The molecule has 2 aromatic carbocycles. The summed E-state index contributed by atoms with van der Waals surface area (Å²) < 4.78 is 10.3. The number of aromatic hydroxyl groups is 2. The van der Waals surface area contributed by atoms with E-state index in [2.05, 4.69) is 13.8 Å². The van der Waals surface area contributed by atoms with Gasteiger partial charge in [0.05, 0.1) is 14.2 Å². The minimum Gasteiger partial charge on any atom is -0.504 e. The lowest BCUT2D eigenvalue weighted by Crippen LogP contribution is -2.05. The summed E-state index contributed by atoms with van der Waals surface area (Å²) in [6, 6.07) is 10.8. The molecule has 0 aromatic heterocycles. The molecule has 0 saturated heterocycles. The highest BCUT2D eigenvalue weighted by Crippen LogP contribution is 2.38. The molecule has 0 aliphatic rings. The summed E-state index contributed by atoms with van der Waals surface area (Å²) in [6.45, 7) is 4.24. The van der Waals surface area contributed by atoms with Crippen molar-refractivity contribution < 1.29 is 19.7 Å². The lowest BCUT2D eigenvalue weighted by Gasteiger charge is -2.22. The fourth-order valence-corrected chi connectivity index (χ4v) is 2.53. The summed E-state index contributed by atoms with van der Waals surface area (Å²) >= 11 is 0. The zero-order valence-corrected chi connectivity index (χ0v) is 13.3. The smallest absolute Gasteiger partial charge is 0.160 e. The fourth-order valence-electron chi connectivity index (χ4n) is 2.53. The van der Waals surface area contributed by atoms with Crippen LogP contribution >= 0.6 is 0 Å². The number of hydrogen-bond acceptors (Lipinski definition) is 4. The minimum atomic E-state index is 0.136. The van der Waals surface area contributed by atoms with Gasteiger partial charge in [-0.05, 0) is 47.2 Å². The quantitative estimate of drug-likeness (QED) is 0.875. The highest BCUT2D eigenvalue weighted by atomic mass is 16.5. The summed E-state index contributed by atoms with van der Waals surface area (Å²) in [7, 11) is 3.08. The molecule has 0 bridgehead atoms. The molecule has 4 heteroatoms. The van der Waals surface area contributed by atoms with Crippen molar-refractivity contribution in [2.24, 2.45) is 0 Å². The van der Waals surface area contributed by atoms with E-state index in [1.165, 1.54) is 14.2 Å². The van der Waals surface area contributed by atoms with Gasteiger partial charge >= 0.3 is 0 Å². The Bertz CT molecular complexity index is 594. The molecule has 2 atom stereocenters. The Balaban J connectivity index is 2.30. The van der Waals surface area contributed by atoms with E-state index in [1.54, 1.807) is 12.1 Å². The van der Waals surface area contributed by atoms with E-state index >= 15 is 0 Å². The van der Waals surface area contributed by atoms with Crippen LogP contribution in [0.25, 0.3) is 0 Å². The molecular formula is C18H22O4. The first-order valence-electron chi connectivity index (χ1n) is 7.21. The number of ether oxygens (including phenoxy) is 2. The Morgan fingerprint density at radius 2 is 1.09 bits per heavy atom. The molecule has 0 radical (unpaired) electrons. The maximum Gasteiger partial charge on any atom is 0.160 e. The second-order valence-corrected chi connectivity index (χ2v) is 5.44. The molecule has 0 unspecified atom stereocenters. The summed E-state index contributed by atoms with van der Waals surface area (Å²) in [4.78, 5) is 0. The summed E-state index contributed by atoms with van der Waals surface area (Å²) in [5.74, 6) is 1.64. The van der Waals surface area contributed by atoms with Crippen LogP contribution in [0.4, 0.5) is 0 Å². The zero-order chi connectivity index (χ0) is 16.3. The largest absolute Gasteiger partial charge is 0.504 e. The highest BCUT2D eigenvalue weighted by Gasteiger charge is 2.19. The van der Waals surface area contributed by atoms with E-state index < -0.39 is 0 Å². The third-order valence-electron chi connectivity index (χ3n) is 4.21. The highest BCUT2D eigenvalue weighted by molar-refractivity contribution is 5.46. The SMILES string of the molecule is COc1cc([C@@H](C)[C@H](C)c2ccc(O)c(OC)c2)ccc1O. The Labute approximate surface area is 130 Å². The van der Waals surface area contributed by atoms with Crippen LogP contribution in [0.5, 0.6) is 23.0 Å². The van der Waals surface area contributed by atoms with Gasteiger partial charge in [-0.3, -0.25) is 0 Å². The van der Waals surface area contributed by atoms with Crippen LogP contribution in [0.3, 0.4) is 0 Å². The van der Waals surface area contributed by atoms with Gasteiger partial charge in [0.1, 0.15) is 0 Å². The van der Waals surface area contributed by atoms with Crippen molar-refractivity contribution in [1.29, 1.82) is 0 Å². The zero-order valence-electron chi connectivity index (χ0n) is 13.3. The molecule has 0 heterocycles. The second kappa shape index (κ2) is 6.60. The average molecular weight is 302 g/mol. The molecule has 118 valence electrons. The molecule has 2 rings (SSSR count). The third kappa shape index (κ3) is 3.11.